The predicted molar refractivity (Wildman–Crippen MR) is 96.5 cm³/mol. The molecule has 24 heavy (non-hydrogen) atoms. The molecule has 0 aromatic heterocycles. The van der Waals surface area contributed by atoms with Gasteiger partial charge in [0.2, 0.25) is 0 Å². The van der Waals surface area contributed by atoms with Crippen molar-refractivity contribution in [2.75, 3.05) is 19.1 Å². The molecule has 3 unspecified atom stereocenters. The van der Waals surface area contributed by atoms with Crippen molar-refractivity contribution < 1.29 is 9.47 Å². The molecular weight excluding hydrogens is 302 g/mol. The normalized spacial score (nSPS) is 20.7. The third-order valence-electron chi connectivity index (χ3n) is 4.19. The van der Waals surface area contributed by atoms with Gasteiger partial charge in [0.15, 0.2) is 0 Å². The average Bonchev–Trinajstić information content (AvgIpc) is 3.34. The topological polar surface area (TPSA) is 71.8 Å². The molecule has 2 aromatic rings. The first-order chi connectivity index (χ1) is 11.6. The molecule has 2 aromatic carbocycles. The predicted octanol–water partition coefficient (Wildman–Crippen LogP) is 2.97. The number of methoxy groups -OCH3 is 1. The molecule has 0 spiro atoms. The number of rotatable bonds is 7. The summed E-state index contributed by atoms with van der Waals surface area (Å²) >= 11 is 0. The summed E-state index contributed by atoms with van der Waals surface area (Å²) in [5.41, 5.74) is 8.28. The van der Waals surface area contributed by atoms with Gasteiger partial charge in [0.05, 0.1) is 6.61 Å². The van der Waals surface area contributed by atoms with Crippen LogP contribution in [0.5, 0.6) is 0 Å². The number of nitrogen functional groups attached to an aromatic ring is 1. The number of nitrogens with one attached hydrogen (secondary N) is 2. The van der Waals surface area contributed by atoms with Crippen LogP contribution in [0.25, 0.3) is 11.1 Å². The highest BCUT2D eigenvalue weighted by Crippen LogP contribution is 2.40. The summed E-state index contributed by atoms with van der Waals surface area (Å²) in [4.78, 5) is 0. The first-order valence-corrected chi connectivity index (χ1v) is 8.20. The molecule has 5 heteroatoms. The number of nitrogens with two attached hydrogens (primary N) is 1. The van der Waals surface area contributed by atoms with Crippen LogP contribution in [0.3, 0.4) is 0 Å². The monoisotopic (exact) mass is 327 g/mol. The third kappa shape index (κ3) is 3.94. The number of benzene rings is 2. The van der Waals surface area contributed by atoms with Crippen LogP contribution in [0.4, 0.5) is 5.69 Å². The Morgan fingerprint density at radius 3 is 2.58 bits per heavy atom. The van der Waals surface area contributed by atoms with Crippen molar-refractivity contribution in [3.05, 3.63) is 53.6 Å². The van der Waals surface area contributed by atoms with Gasteiger partial charge in [-0.05, 0) is 48.7 Å². The van der Waals surface area contributed by atoms with E-state index < -0.39 is 0 Å². The minimum absolute atomic E-state index is 0.0223. The van der Waals surface area contributed by atoms with Crippen LogP contribution >= 0.6 is 0 Å². The zero-order valence-corrected chi connectivity index (χ0v) is 14.4. The van der Waals surface area contributed by atoms with Crippen molar-refractivity contribution in [1.82, 2.24) is 5.32 Å². The Morgan fingerprint density at radius 2 is 1.92 bits per heavy atom. The summed E-state index contributed by atoms with van der Waals surface area (Å²) in [5, 5.41) is 3.41. The molecule has 1 aliphatic heterocycles. The second-order valence-electron chi connectivity index (χ2n) is 6.35. The first kappa shape index (κ1) is 16.9. The number of anilines is 1. The molecule has 1 heterocycles. The standard InChI is InChI=1S/C19H25N3O2/c1-12-4-6-14(7-5-12)15-8-16(10-17(9-15)22-20)18-19(24-18)21-13(2)11-23-3/h4-10,13,18-19,21-22H,11,20H2,1-3H3. The number of aryl methyl sites for hydroxylation is 1. The van der Waals surface area contributed by atoms with Crippen molar-refractivity contribution in [3.63, 3.8) is 0 Å². The van der Waals surface area contributed by atoms with Crippen LogP contribution < -0.4 is 16.6 Å². The van der Waals surface area contributed by atoms with Gasteiger partial charge in [-0.1, -0.05) is 29.8 Å². The van der Waals surface area contributed by atoms with Gasteiger partial charge in [-0.3, -0.25) is 11.2 Å². The fourth-order valence-electron chi connectivity index (χ4n) is 2.88. The van der Waals surface area contributed by atoms with Gasteiger partial charge >= 0.3 is 0 Å². The highest BCUT2D eigenvalue weighted by atomic mass is 16.6. The molecule has 128 valence electrons. The van der Waals surface area contributed by atoms with Crippen LogP contribution in [-0.2, 0) is 9.47 Å². The van der Waals surface area contributed by atoms with E-state index in [0.717, 1.165) is 22.4 Å². The molecule has 3 atom stereocenters. The van der Waals surface area contributed by atoms with E-state index in [1.165, 1.54) is 5.56 Å². The van der Waals surface area contributed by atoms with Crippen LogP contribution in [0.1, 0.15) is 24.2 Å². The lowest BCUT2D eigenvalue weighted by Gasteiger charge is -2.11. The maximum Gasteiger partial charge on any atom is 0.140 e. The fourth-order valence-corrected chi connectivity index (χ4v) is 2.88. The zero-order chi connectivity index (χ0) is 17.1. The van der Waals surface area contributed by atoms with Gasteiger partial charge in [0, 0.05) is 18.8 Å². The molecule has 0 bridgehead atoms. The Hall–Kier alpha value is -1.92. The van der Waals surface area contributed by atoms with E-state index in [2.05, 4.69) is 54.9 Å². The highest BCUT2D eigenvalue weighted by molar-refractivity contribution is 5.69. The molecule has 3 rings (SSSR count). The quantitative estimate of drug-likeness (QED) is 0.414. The summed E-state index contributed by atoms with van der Waals surface area (Å²) < 4.78 is 10.9. The Bertz CT molecular complexity index is 688. The summed E-state index contributed by atoms with van der Waals surface area (Å²) in [6.07, 6.45) is 0.0656. The summed E-state index contributed by atoms with van der Waals surface area (Å²) in [5.74, 6) is 5.64. The number of hydrogen-bond acceptors (Lipinski definition) is 5. The van der Waals surface area contributed by atoms with Gasteiger partial charge in [-0.2, -0.15) is 0 Å². The first-order valence-electron chi connectivity index (χ1n) is 8.20. The maximum absolute atomic E-state index is 5.79. The zero-order valence-electron chi connectivity index (χ0n) is 14.4. The van der Waals surface area contributed by atoms with Crippen molar-refractivity contribution in [3.8, 4) is 11.1 Å². The largest absolute Gasteiger partial charge is 0.383 e. The maximum atomic E-state index is 5.79. The van der Waals surface area contributed by atoms with Gasteiger partial charge < -0.3 is 14.9 Å². The second kappa shape index (κ2) is 7.32. The molecular formula is C19H25N3O2. The minimum Gasteiger partial charge on any atom is -0.383 e. The van der Waals surface area contributed by atoms with Crippen LogP contribution in [-0.4, -0.2) is 26.0 Å². The number of hydrogen-bond donors (Lipinski definition) is 3. The molecule has 5 nitrogen and oxygen atoms in total. The third-order valence-corrected chi connectivity index (χ3v) is 4.19. The summed E-state index contributed by atoms with van der Waals surface area (Å²) in [6.45, 7) is 4.83. The second-order valence-corrected chi connectivity index (χ2v) is 6.35. The smallest absolute Gasteiger partial charge is 0.140 e. The SMILES string of the molecule is COCC(C)NC1OC1c1cc(NN)cc(-c2ccc(C)cc2)c1. The Kier molecular flexibility index (Phi) is 5.16. The van der Waals surface area contributed by atoms with Gasteiger partial charge in [0.1, 0.15) is 12.3 Å². The van der Waals surface area contributed by atoms with E-state index in [9.17, 15) is 0 Å². The van der Waals surface area contributed by atoms with Crippen molar-refractivity contribution in [1.29, 1.82) is 0 Å². The molecule has 0 aliphatic carbocycles. The summed E-state index contributed by atoms with van der Waals surface area (Å²) in [7, 11) is 1.70. The van der Waals surface area contributed by atoms with Crippen molar-refractivity contribution in [2.24, 2.45) is 5.84 Å². The van der Waals surface area contributed by atoms with E-state index >= 15 is 0 Å². The molecule has 0 saturated carbocycles. The van der Waals surface area contributed by atoms with Gasteiger partial charge in [-0.25, -0.2) is 0 Å². The van der Waals surface area contributed by atoms with Gasteiger partial charge in [-0.15, -0.1) is 0 Å². The van der Waals surface area contributed by atoms with Crippen molar-refractivity contribution in [2.45, 2.75) is 32.2 Å². The van der Waals surface area contributed by atoms with E-state index in [-0.39, 0.29) is 18.4 Å². The average molecular weight is 327 g/mol. The number of hydrazine groups is 1. The number of epoxide rings is 1. The van der Waals surface area contributed by atoms with Crippen LogP contribution in [0.2, 0.25) is 0 Å². The Labute approximate surface area is 143 Å². The number of ether oxygens (including phenoxy) is 2. The van der Waals surface area contributed by atoms with Crippen LogP contribution in [0, 0.1) is 6.92 Å². The lowest BCUT2D eigenvalue weighted by atomic mass is 9.99. The Morgan fingerprint density at radius 1 is 1.17 bits per heavy atom. The van der Waals surface area contributed by atoms with Gasteiger partial charge in [0.25, 0.3) is 0 Å². The Balaban J connectivity index is 1.79. The van der Waals surface area contributed by atoms with Crippen LogP contribution in [0.15, 0.2) is 42.5 Å². The van der Waals surface area contributed by atoms with E-state index in [0.29, 0.717) is 6.61 Å². The highest BCUT2D eigenvalue weighted by Gasteiger charge is 2.41. The molecule has 0 amide bonds. The van der Waals surface area contributed by atoms with E-state index in [1.54, 1.807) is 7.11 Å². The molecule has 4 N–H and O–H groups in total. The fraction of sp³-hybridized carbons (Fsp3) is 0.368. The molecule has 1 saturated heterocycles. The summed E-state index contributed by atoms with van der Waals surface area (Å²) in [6, 6.07) is 15.0. The molecule has 1 fully saturated rings. The van der Waals surface area contributed by atoms with E-state index in [1.807, 2.05) is 12.1 Å². The minimum atomic E-state index is 0.0223. The molecule has 0 radical (unpaired) electrons. The lowest BCUT2D eigenvalue weighted by Crippen LogP contribution is -2.32. The van der Waals surface area contributed by atoms with E-state index in [4.69, 9.17) is 15.3 Å². The molecule has 1 aliphatic rings. The van der Waals surface area contributed by atoms with Crippen molar-refractivity contribution >= 4 is 5.69 Å². The lowest BCUT2D eigenvalue weighted by molar-refractivity contribution is 0.164.